The van der Waals surface area contributed by atoms with Crippen molar-refractivity contribution in [2.45, 2.75) is 25.9 Å². The van der Waals surface area contributed by atoms with Gasteiger partial charge < -0.3 is 21.0 Å². The van der Waals surface area contributed by atoms with Crippen LogP contribution in [0.2, 0.25) is 0 Å². The summed E-state index contributed by atoms with van der Waals surface area (Å²) in [6.45, 7) is 3.70. The molecular weight excluding hydrogens is 517 g/mol. The number of nitrogens with zero attached hydrogens (tertiary/aromatic N) is 4. The van der Waals surface area contributed by atoms with Crippen molar-refractivity contribution in [1.29, 1.82) is 0 Å². The van der Waals surface area contributed by atoms with Crippen LogP contribution in [0.1, 0.15) is 47.1 Å². The lowest BCUT2D eigenvalue weighted by atomic mass is 10.0. The van der Waals surface area contributed by atoms with E-state index in [1.807, 2.05) is 26.0 Å². The van der Waals surface area contributed by atoms with Gasteiger partial charge in [0.1, 0.15) is 5.75 Å². The van der Waals surface area contributed by atoms with Gasteiger partial charge in [-0.3, -0.25) is 4.79 Å². The fraction of sp³-hybridized carbons (Fsp3) is 0.192. The van der Waals surface area contributed by atoms with Crippen molar-refractivity contribution >= 4 is 23.4 Å². The number of carbonyl (C=O) groups is 2. The number of amidine groups is 1. The number of carbonyl (C=O) groups excluding carboxylic acids is 2. The van der Waals surface area contributed by atoms with Crippen molar-refractivity contribution in [3.05, 3.63) is 83.2 Å². The largest absolute Gasteiger partial charge is 0.484 e. The lowest BCUT2D eigenvalue weighted by Crippen LogP contribution is -2.20. The smallest absolute Gasteiger partial charge is 0.433 e. The highest BCUT2D eigenvalue weighted by Gasteiger charge is 2.36. The first-order valence-corrected chi connectivity index (χ1v) is 11.6. The van der Waals surface area contributed by atoms with E-state index in [1.165, 1.54) is 24.3 Å². The Morgan fingerprint density at radius 1 is 1.03 bits per heavy atom. The Hall–Kier alpha value is -4.94. The molecule has 0 bridgehead atoms. The molecule has 202 valence electrons. The molecule has 0 fully saturated rings. The Morgan fingerprint density at radius 2 is 1.69 bits per heavy atom. The topological polar surface area (TPSA) is 147 Å². The number of amides is 1. The quantitative estimate of drug-likeness (QED) is 0.149. The maximum Gasteiger partial charge on any atom is 0.433 e. The van der Waals surface area contributed by atoms with Gasteiger partial charge in [-0.2, -0.15) is 18.3 Å². The highest BCUT2D eigenvalue weighted by molar-refractivity contribution is 5.98. The molecule has 0 aliphatic heterocycles. The molecule has 1 amide bonds. The molecule has 4 rings (SSSR count). The third kappa shape index (κ3) is 6.32. The van der Waals surface area contributed by atoms with Crippen LogP contribution in [-0.4, -0.2) is 38.9 Å². The first kappa shape index (κ1) is 27.1. The SMILES string of the molecule is CC(C)c1ccc(-c2cc(C(F)(F)F)n3nc(C(=O)O/N=C(\N)c4ccc(OCC(N)=O)cc4)cc3n2)cc1. The molecule has 0 radical (unpaired) electrons. The number of rotatable bonds is 8. The molecule has 2 aromatic carbocycles. The lowest BCUT2D eigenvalue weighted by molar-refractivity contribution is -0.142. The average Bonchev–Trinajstić information content (AvgIpc) is 3.34. The molecule has 0 aliphatic carbocycles. The average molecular weight is 541 g/mol. The second kappa shape index (κ2) is 10.8. The van der Waals surface area contributed by atoms with Gasteiger partial charge in [0, 0.05) is 17.2 Å². The molecule has 4 N–H and O–H groups in total. The molecule has 4 aromatic rings. The Bertz CT molecular complexity index is 1550. The van der Waals surface area contributed by atoms with Crippen molar-refractivity contribution in [3.63, 3.8) is 0 Å². The maximum atomic E-state index is 13.9. The number of primary amides is 1. The minimum Gasteiger partial charge on any atom is -0.484 e. The molecule has 0 saturated heterocycles. The Morgan fingerprint density at radius 3 is 2.28 bits per heavy atom. The van der Waals surface area contributed by atoms with E-state index in [4.69, 9.17) is 21.0 Å². The molecule has 39 heavy (non-hydrogen) atoms. The van der Waals surface area contributed by atoms with E-state index in [1.54, 1.807) is 12.1 Å². The number of halogens is 3. The van der Waals surface area contributed by atoms with Crippen LogP contribution < -0.4 is 16.2 Å². The highest BCUT2D eigenvalue weighted by Crippen LogP contribution is 2.32. The van der Waals surface area contributed by atoms with Gasteiger partial charge in [0.15, 0.2) is 29.5 Å². The summed E-state index contributed by atoms with van der Waals surface area (Å²) in [5, 5.41) is 7.28. The van der Waals surface area contributed by atoms with E-state index < -0.39 is 29.4 Å². The molecule has 10 nitrogen and oxygen atoms in total. The third-order valence-corrected chi connectivity index (χ3v) is 5.56. The van der Waals surface area contributed by atoms with E-state index in [9.17, 15) is 22.8 Å². The summed E-state index contributed by atoms with van der Waals surface area (Å²) in [6, 6.07) is 14.9. The van der Waals surface area contributed by atoms with Crippen LogP contribution in [0.15, 0.2) is 65.8 Å². The van der Waals surface area contributed by atoms with Crippen LogP contribution in [0.3, 0.4) is 0 Å². The van der Waals surface area contributed by atoms with Gasteiger partial charge in [0.25, 0.3) is 5.91 Å². The van der Waals surface area contributed by atoms with Crippen molar-refractivity contribution < 1.29 is 32.3 Å². The fourth-order valence-electron chi connectivity index (χ4n) is 3.53. The summed E-state index contributed by atoms with van der Waals surface area (Å²) in [4.78, 5) is 32.4. The number of alkyl halides is 3. The molecule has 0 aliphatic rings. The van der Waals surface area contributed by atoms with Gasteiger partial charge in [-0.05, 0) is 41.8 Å². The molecule has 0 spiro atoms. The number of oxime groups is 1. The second-order valence-electron chi connectivity index (χ2n) is 8.74. The molecule has 13 heteroatoms. The Labute approximate surface area is 220 Å². The zero-order valence-corrected chi connectivity index (χ0v) is 20.8. The van der Waals surface area contributed by atoms with Crippen LogP contribution in [0.5, 0.6) is 5.75 Å². The fourth-order valence-corrected chi connectivity index (χ4v) is 3.53. The van der Waals surface area contributed by atoms with Gasteiger partial charge in [-0.1, -0.05) is 43.3 Å². The number of hydrogen-bond acceptors (Lipinski definition) is 7. The number of fused-ring (bicyclic) bond motifs is 1. The Balaban J connectivity index is 1.58. The first-order chi connectivity index (χ1) is 18.4. The van der Waals surface area contributed by atoms with Crippen LogP contribution in [0.25, 0.3) is 16.9 Å². The minimum absolute atomic E-state index is 0.0652. The molecular formula is C26H23F3N6O4. The molecule has 0 atom stereocenters. The zero-order valence-electron chi connectivity index (χ0n) is 20.8. The minimum atomic E-state index is -4.78. The van der Waals surface area contributed by atoms with E-state index >= 15 is 0 Å². The summed E-state index contributed by atoms with van der Waals surface area (Å²) in [7, 11) is 0. The summed E-state index contributed by atoms with van der Waals surface area (Å²) in [5.41, 5.74) is 11.0. The van der Waals surface area contributed by atoms with Gasteiger partial charge >= 0.3 is 12.1 Å². The third-order valence-electron chi connectivity index (χ3n) is 5.56. The predicted octanol–water partition coefficient (Wildman–Crippen LogP) is 3.88. The standard InChI is InChI=1S/C26H23F3N6O4/c1-14(2)15-3-5-16(6-4-15)19-11-21(26(27,28)29)35-23(32-19)12-20(33-35)25(37)39-34-24(31)17-7-9-18(10-8-17)38-13-22(30)36/h3-12,14H,13H2,1-2H3,(H2,30,36)(H2,31,34). The number of aromatic nitrogens is 3. The van der Waals surface area contributed by atoms with Crippen LogP contribution in [0.4, 0.5) is 13.2 Å². The van der Waals surface area contributed by atoms with E-state index in [-0.39, 0.29) is 29.7 Å². The van der Waals surface area contributed by atoms with Crippen LogP contribution in [0, 0.1) is 0 Å². The van der Waals surface area contributed by atoms with E-state index in [2.05, 4.69) is 15.2 Å². The summed E-state index contributed by atoms with van der Waals surface area (Å²) in [6.07, 6.45) is -4.78. The van der Waals surface area contributed by atoms with Gasteiger partial charge in [0.05, 0.1) is 5.69 Å². The molecule has 2 aromatic heterocycles. The first-order valence-electron chi connectivity index (χ1n) is 11.6. The zero-order chi connectivity index (χ0) is 28.3. The molecule has 0 saturated carbocycles. The Kier molecular flexibility index (Phi) is 7.51. The lowest BCUT2D eigenvalue weighted by Gasteiger charge is -2.11. The van der Waals surface area contributed by atoms with Crippen molar-refractivity contribution in [1.82, 2.24) is 14.6 Å². The predicted molar refractivity (Wildman–Crippen MR) is 135 cm³/mol. The van der Waals surface area contributed by atoms with Gasteiger partial charge in [-0.25, -0.2) is 14.3 Å². The van der Waals surface area contributed by atoms with Crippen LogP contribution in [-0.2, 0) is 15.8 Å². The monoisotopic (exact) mass is 540 g/mol. The highest BCUT2D eigenvalue weighted by atomic mass is 19.4. The normalized spacial score (nSPS) is 12.1. The molecule has 0 unspecified atom stereocenters. The van der Waals surface area contributed by atoms with Crippen molar-refractivity contribution in [3.8, 4) is 17.0 Å². The maximum absolute atomic E-state index is 13.9. The number of hydrogen-bond donors (Lipinski definition) is 2. The number of ether oxygens (including phenoxy) is 1. The van der Waals surface area contributed by atoms with E-state index in [0.717, 1.165) is 17.7 Å². The van der Waals surface area contributed by atoms with Crippen LogP contribution >= 0.6 is 0 Å². The van der Waals surface area contributed by atoms with Crippen molar-refractivity contribution in [2.75, 3.05) is 6.61 Å². The number of nitrogens with two attached hydrogens (primary N) is 2. The molecule has 2 heterocycles. The summed E-state index contributed by atoms with van der Waals surface area (Å²) < 4.78 is 47.3. The van der Waals surface area contributed by atoms with Crippen molar-refractivity contribution in [2.24, 2.45) is 16.6 Å². The van der Waals surface area contributed by atoms with Gasteiger partial charge in [-0.15, -0.1) is 0 Å². The van der Waals surface area contributed by atoms with Gasteiger partial charge in [0.2, 0.25) is 0 Å². The second-order valence-corrected chi connectivity index (χ2v) is 8.74. The summed E-state index contributed by atoms with van der Waals surface area (Å²) in [5.74, 6) is -1.39. The van der Waals surface area contributed by atoms with E-state index in [0.29, 0.717) is 21.4 Å². The number of benzene rings is 2. The summed E-state index contributed by atoms with van der Waals surface area (Å²) >= 11 is 0.